The minimum atomic E-state index is -0.315. The standard InChI is InChI=1S/C20H26N2O2.ClH/c1-3-24-14-18-12-8-7-11-17(18)13-22-20(23)15(2)19(21)16-9-5-4-6-10-16;/h4-12,15,19H,3,13-14,21H2,1-2H3,(H,22,23);1H. The summed E-state index contributed by atoms with van der Waals surface area (Å²) in [7, 11) is 0. The minimum Gasteiger partial charge on any atom is -0.377 e. The summed E-state index contributed by atoms with van der Waals surface area (Å²) in [6, 6.07) is 17.4. The smallest absolute Gasteiger partial charge is 0.225 e. The first kappa shape index (κ1) is 21.2. The lowest BCUT2D eigenvalue weighted by Gasteiger charge is -2.20. The van der Waals surface area contributed by atoms with Crippen LogP contribution in [0.5, 0.6) is 0 Å². The molecule has 1 amide bonds. The highest BCUT2D eigenvalue weighted by atomic mass is 35.5. The molecule has 3 N–H and O–H groups in total. The molecule has 0 heterocycles. The average molecular weight is 363 g/mol. The van der Waals surface area contributed by atoms with Gasteiger partial charge in [-0.1, -0.05) is 61.5 Å². The van der Waals surface area contributed by atoms with Gasteiger partial charge in [0.2, 0.25) is 5.91 Å². The van der Waals surface area contributed by atoms with Crippen molar-refractivity contribution >= 4 is 18.3 Å². The van der Waals surface area contributed by atoms with Crippen LogP contribution in [-0.2, 0) is 22.7 Å². The molecular weight excluding hydrogens is 336 g/mol. The molecule has 0 aliphatic carbocycles. The van der Waals surface area contributed by atoms with E-state index in [4.69, 9.17) is 10.5 Å². The van der Waals surface area contributed by atoms with Gasteiger partial charge in [0.1, 0.15) is 0 Å². The molecule has 0 saturated carbocycles. The summed E-state index contributed by atoms with van der Waals surface area (Å²) < 4.78 is 5.48. The van der Waals surface area contributed by atoms with Crippen molar-refractivity contribution < 1.29 is 9.53 Å². The molecule has 2 aromatic rings. The molecule has 2 aromatic carbocycles. The van der Waals surface area contributed by atoms with E-state index in [2.05, 4.69) is 5.32 Å². The number of carbonyl (C=O) groups excluding carboxylic acids is 1. The second-order valence-corrected chi connectivity index (χ2v) is 5.85. The predicted octanol–water partition coefficient (Wildman–Crippen LogP) is 3.60. The van der Waals surface area contributed by atoms with Crippen molar-refractivity contribution in [3.8, 4) is 0 Å². The first-order valence-electron chi connectivity index (χ1n) is 8.36. The van der Waals surface area contributed by atoms with E-state index in [1.165, 1.54) is 0 Å². The zero-order chi connectivity index (χ0) is 17.4. The van der Waals surface area contributed by atoms with Crippen molar-refractivity contribution in [2.24, 2.45) is 11.7 Å². The number of amides is 1. The van der Waals surface area contributed by atoms with Gasteiger partial charge in [0.15, 0.2) is 0 Å². The highest BCUT2D eigenvalue weighted by molar-refractivity contribution is 5.85. The summed E-state index contributed by atoms with van der Waals surface area (Å²) in [5, 5.41) is 2.99. The number of carbonyl (C=O) groups is 1. The molecule has 2 unspecified atom stereocenters. The lowest BCUT2D eigenvalue weighted by atomic mass is 9.94. The average Bonchev–Trinajstić information content (AvgIpc) is 2.64. The van der Waals surface area contributed by atoms with Gasteiger partial charge in [-0.3, -0.25) is 4.79 Å². The van der Waals surface area contributed by atoms with E-state index in [0.717, 1.165) is 16.7 Å². The van der Waals surface area contributed by atoms with Crippen molar-refractivity contribution in [2.75, 3.05) is 6.61 Å². The molecule has 5 heteroatoms. The molecule has 0 saturated heterocycles. The number of hydrogen-bond donors (Lipinski definition) is 2. The van der Waals surface area contributed by atoms with Crippen LogP contribution in [0, 0.1) is 5.92 Å². The summed E-state index contributed by atoms with van der Waals surface area (Å²) in [5.41, 5.74) is 9.36. The SMILES string of the molecule is CCOCc1ccccc1CNC(=O)C(C)C(N)c1ccccc1.Cl. The third-order valence-corrected chi connectivity index (χ3v) is 4.17. The van der Waals surface area contributed by atoms with Gasteiger partial charge in [0.25, 0.3) is 0 Å². The van der Waals surface area contributed by atoms with Crippen molar-refractivity contribution in [3.63, 3.8) is 0 Å². The largest absolute Gasteiger partial charge is 0.377 e. The maximum Gasteiger partial charge on any atom is 0.225 e. The maximum absolute atomic E-state index is 12.4. The summed E-state index contributed by atoms with van der Waals surface area (Å²) in [6.45, 7) is 5.54. The van der Waals surface area contributed by atoms with E-state index < -0.39 is 0 Å². The summed E-state index contributed by atoms with van der Waals surface area (Å²) >= 11 is 0. The van der Waals surface area contributed by atoms with Gasteiger partial charge in [-0.25, -0.2) is 0 Å². The molecule has 0 spiro atoms. The molecule has 2 atom stereocenters. The van der Waals surface area contributed by atoms with Crippen LogP contribution < -0.4 is 11.1 Å². The predicted molar refractivity (Wildman–Crippen MR) is 103 cm³/mol. The second-order valence-electron chi connectivity index (χ2n) is 5.85. The zero-order valence-corrected chi connectivity index (χ0v) is 15.6. The number of halogens is 1. The van der Waals surface area contributed by atoms with Crippen LogP contribution >= 0.6 is 12.4 Å². The number of nitrogens with one attached hydrogen (secondary N) is 1. The normalized spacial score (nSPS) is 12.8. The Bertz CT molecular complexity index is 649. The molecule has 2 rings (SSSR count). The molecular formula is C20H27ClN2O2. The third-order valence-electron chi connectivity index (χ3n) is 4.17. The molecule has 0 bridgehead atoms. The number of rotatable bonds is 8. The van der Waals surface area contributed by atoms with Gasteiger partial charge in [-0.15, -0.1) is 12.4 Å². The Balaban J connectivity index is 0.00000312. The Hall–Kier alpha value is -1.88. The second kappa shape index (κ2) is 10.9. The van der Waals surface area contributed by atoms with E-state index in [1.807, 2.05) is 68.4 Å². The fourth-order valence-electron chi connectivity index (χ4n) is 2.55. The zero-order valence-electron chi connectivity index (χ0n) is 14.8. The monoisotopic (exact) mass is 362 g/mol. The third kappa shape index (κ3) is 6.16. The van der Waals surface area contributed by atoms with Gasteiger partial charge in [0, 0.05) is 19.2 Å². The van der Waals surface area contributed by atoms with Gasteiger partial charge in [-0.05, 0) is 23.6 Å². The van der Waals surface area contributed by atoms with E-state index >= 15 is 0 Å². The van der Waals surface area contributed by atoms with Crippen molar-refractivity contribution in [3.05, 3.63) is 71.3 Å². The fraction of sp³-hybridized carbons (Fsp3) is 0.350. The topological polar surface area (TPSA) is 64.3 Å². The van der Waals surface area contributed by atoms with Crippen LogP contribution in [0.25, 0.3) is 0 Å². The van der Waals surface area contributed by atoms with E-state index in [-0.39, 0.29) is 30.3 Å². The van der Waals surface area contributed by atoms with Crippen molar-refractivity contribution in [1.29, 1.82) is 0 Å². The Morgan fingerprint density at radius 3 is 2.32 bits per heavy atom. The van der Waals surface area contributed by atoms with Crippen molar-refractivity contribution in [1.82, 2.24) is 5.32 Å². The van der Waals surface area contributed by atoms with Gasteiger partial charge in [0.05, 0.1) is 12.5 Å². The van der Waals surface area contributed by atoms with Crippen LogP contribution in [0.3, 0.4) is 0 Å². The van der Waals surface area contributed by atoms with Crippen LogP contribution in [0.15, 0.2) is 54.6 Å². The molecule has 0 radical (unpaired) electrons. The van der Waals surface area contributed by atoms with Crippen LogP contribution in [0.4, 0.5) is 0 Å². The quantitative estimate of drug-likeness (QED) is 0.754. The Morgan fingerprint density at radius 2 is 1.68 bits per heavy atom. The van der Waals surface area contributed by atoms with Crippen LogP contribution in [0.2, 0.25) is 0 Å². The summed E-state index contributed by atoms with van der Waals surface area (Å²) in [6.07, 6.45) is 0. The molecule has 0 aromatic heterocycles. The van der Waals surface area contributed by atoms with Gasteiger partial charge in [-0.2, -0.15) is 0 Å². The summed E-state index contributed by atoms with van der Waals surface area (Å²) in [4.78, 5) is 12.4. The molecule has 0 fully saturated rings. The summed E-state index contributed by atoms with van der Waals surface area (Å²) in [5.74, 6) is -0.343. The Kier molecular flexibility index (Phi) is 9.21. The maximum atomic E-state index is 12.4. The first-order chi connectivity index (χ1) is 11.6. The molecule has 136 valence electrons. The molecule has 25 heavy (non-hydrogen) atoms. The van der Waals surface area contributed by atoms with Gasteiger partial charge >= 0.3 is 0 Å². The van der Waals surface area contributed by atoms with E-state index in [0.29, 0.717) is 19.8 Å². The Labute approximate surface area is 156 Å². The molecule has 0 aliphatic rings. The number of ether oxygens (including phenoxy) is 1. The molecule has 4 nitrogen and oxygen atoms in total. The first-order valence-corrected chi connectivity index (χ1v) is 8.36. The lowest BCUT2D eigenvalue weighted by molar-refractivity contribution is -0.125. The lowest BCUT2D eigenvalue weighted by Crippen LogP contribution is -2.35. The van der Waals surface area contributed by atoms with Crippen LogP contribution in [0.1, 0.15) is 36.6 Å². The highest BCUT2D eigenvalue weighted by Crippen LogP contribution is 2.19. The van der Waals surface area contributed by atoms with E-state index in [9.17, 15) is 4.79 Å². The highest BCUT2D eigenvalue weighted by Gasteiger charge is 2.21. The number of nitrogens with two attached hydrogens (primary N) is 1. The fourth-order valence-corrected chi connectivity index (χ4v) is 2.55. The molecule has 0 aliphatic heterocycles. The Morgan fingerprint density at radius 1 is 1.08 bits per heavy atom. The van der Waals surface area contributed by atoms with E-state index in [1.54, 1.807) is 0 Å². The number of benzene rings is 2. The van der Waals surface area contributed by atoms with Crippen LogP contribution in [-0.4, -0.2) is 12.5 Å². The number of hydrogen-bond acceptors (Lipinski definition) is 3. The van der Waals surface area contributed by atoms with Crippen molar-refractivity contribution in [2.45, 2.75) is 33.0 Å². The minimum absolute atomic E-state index is 0. The van der Waals surface area contributed by atoms with Gasteiger partial charge < -0.3 is 15.8 Å².